The number of hydrogen-bond donors (Lipinski definition) is 0. The molecule has 27 heavy (non-hydrogen) atoms. The van der Waals surface area contributed by atoms with Crippen molar-refractivity contribution >= 4 is 21.4 Å². The fraction of sp³-hybridized carbons (Fsp3) is 0.222. The summed E-state index contributed by atoms with van der Waals surface area (Å²) < 4.78 is 33.5. The van der Waals surface area contributed by atoms with Crippen molar-refractivity contribution < 1.29 is 17.6 Å². The number of benzene rings is 1. The van der Waals surface area contributed by atoms with E-state index >= 15 is 0 Å². The molecule has 1 aliphatic rings. The molecule has 3 heterocycles. The maximum atomic E-state index is 13.2. The molecule has 140 valence electrons. The smallest absolute Gasteiger partial charge is 0.295 e. The zero-order valence-electron chi connectivity index (χ0n) is 14.7. The van der Waals surface area contributed by atoms with E-state index in [1.165, 1.54) is 17.0 Å². The molecule has 9 heteroatoms. The van der Waals surface area contributed by atoms with Crippen molar-refractivity contribution in [3.63, 3.8) is 0 Å². The zero-order valence-corrected chi connectivity index (χ0v) is 15.5. The van der Waals surface area contributed by atoms with E-state index in [-0.39, 0.29) is 11.4 Å². The van der Waals surface area contributed by atoms with E-state index in [9.17, 15) is 18.0 Å². The van der Waals surface area contributed by atoms with Crippen molar-refractivity contribution in [3.8, 4) is 5.69 Å². The average Bonchev–Trinajstić information content (AvgIpc) is 3.27. The summed E-state index contributed by atoms with van der Waals surface area (Å²) >= 11 is 0. The molecule has 0 saturated carbocycles. The highest BCUT2D eigenvalue weighted by atomic mass is 32.2. The molecule has 1 atom stereocenters. The third-order valence-corrected chi connectivity index (χ3v) is 6.49. The van der Waals surface area contributed by atoms with Gasteiger partial charge in [0.05, 0.1) is 17.6 Å². The van der Waals surface area contributed by atoms with Crippen molar-refractivity contribution in [3.05, 3.63) is 70.5 Å². The summed E-state index contributed by atoms with van der Waals surface area (Å²) in [6.45, 7) is 1.67. The Morgan fingerprint density at radius 1 is 1.07 bits per heavy atom. The lowest BCUT2D eigenvalue weighted by Gasteiger charge is -2.20. The van der Waals surface area contributed by atoms with Gasteiger partial charge in [-0.1, -0.05) is 18.2 Å². The van der Waals surface area contributed by atoms with Gasteiger partial charge < -0.3 is 4.42 Å². The van der Waals surface area contributed by atoms with E-state index in [0.717, 1.165) is 4.90 Å². The zero-order chi connectivity index (χ0) is 19.3. The monoisotopic (exact) mass is 387 g/mol. The summed E-state index contributed by atoms with van der Waals surface area (Å²) in [5.41, 5.74) is 0.659. The molecule has 1 aromatic carbocycles. The second kappa shape index (κ2) is 5.98. The van der Waals surface area contributed by atoms with Gasteiger partial charge in [0.15, 0.2) is 15.2 Å². The predicted octanol–water partition coefficient (Wildman–Crippen LogP) is 1.54. The Morgan fingerprint density at radius 2 is 1.78 bits per heavy atom. The molecule has 0 N–H and O–H groups in total. The van der Waals surface area contributed by atoms with E-state index in [0.29, 0.717) is 11.4 Å². The van der Waals surface area contributed by atoms with E-state index in [2.05, 4.69) is 0 Å². The Hall–Kier alpha value is -3.07. The largest absolute Gasteiger partial charge is 0.466 e. The number of carbonyl (C=O) groups excluding carboxylic acids is 1. The van der Waals surface area contributed by atoms with Gasteiger partial charge in [-0.2, -0.15) is 0 Å². The van der Waals surface area contributed by atoms with Crippen LogP contribution in [-0.2, 0) is 21.7 Å². The number of furan rings is 1. The van der Waals surface area contributed by atoms with Crippen LogP contribution in [0.2, 0.25) is 0 Å². The molecule has 1 amide bonds. The molecule has 4 rings (SSSR count). The van der Waals surface area contributed by atoms with Gasteiger partial charge in [-0.05, 0) is 31.2 Å². The van der Waals surface area contributed by atoms with Gasteiger partial charge in [-0.25, -0.2) is 13.1 Å². The number of amides is 1. The number of para-hydroxylation sites is 1. The van der Waals surface area contributed by atoms with Crippen molar-refractivity contribution in [2.75, 3.05) is 10.7 Å². The van der Waals surface area contributed by atoms with E-state index < -0.39 is 32.4 Å². The third kappa shape index (κ3) is 2.54. The molecule has 0 bridgehead atoms. The van der Waals surface area contributed by atoms with Crippen LogP contribution in [0.3, 0.4) is 0 Å². The van der Waals surface area contributed by atoms with Crippen molar-refractivity contribution in [1.82, 2.24) is 9.36 Å². The van der Waals surface area contributed by atoms with E-state index in [4.69, 9.17) is 4.42 Å². The van der Waals surface area contributed by atoms with Gasteiger partial charge in [0, 0.05) is 7.05 Å². The van der Waals surface area contributed by atoms with Crippen LogP contribution in [0.1, 0.15) is 16.8 Å². The van der Waals surface area contributed by atoms with Gasteiger partial charge in [0.25, 0.3) is 5.56 Å². The highest BCUT2D eigenvalue weighted by Crippen LogP contribution is 2.37. The fourth-order valence-electron chi connectivity index (χ4n) is 3.42. The highest BCUT2D eigenvalue weighted by Gasteiger charge is 2.49. The molecular weight excluding hydrogens is 370 g/mol. The van der Waals surface area contributed by atoms with Crippen LogP contribution in [0.5, 0.6) is 0 Å². The predicted molar refractivity (Wildman–Crippen MR) is 98.5 cm³/mol. The first-order valence-electron chi connectivity index (χ1n) is 8.24. The maximum Gasteiger partial charge on any atom is 0.295 e. The Labute approximate surface area is 155 Å². The minimum absolute atomic E-state index is 0.0360. The lowest BCUT2D eigenvalue weighted by Crippen LogP contribution is -2.33. The Balaban J connectivity index is 1.96. The van der Waals surface area contributed by atoms with Crippen molar-refractivity contribution in [1.29, 1.82) is 0 Å². The number of nitrogens with zero attached hydrogens (tertiary/aromatic N) is 3. The summed E-state index contributed by atoms with van der Waals surface area (Å²) in [6, 6.07) is 12.0. The van der Waals surface area contributed by atoms with Crippen LogP contribution < -0.4 is 10.5 Å². The summed E-state index contributed by atoms with van der Waals surface area (Å²) in [6.07, 6.45) is 1.34. The molecule has 0 spiro atoms. The summed E-state index contributed by atoms with van der Waals surface area (Å²) in [7, 11) is -2.15. The van der Waals surface area contributed by atoms with Gasteiger partial charge >= 0.3 is 0 Å². The molecule has 8 nitrogen and oxygen atoms in total. The minimum atomic E-state index is -3.83. The lowest BCUT2D eigenvalue weighted by molar-refractivity contribution is -0.115. The topological polar surface area (TPSA) is 94.5 Å². The Kier molecular flexibility index (Phi) is 3.84. The quantitative estimate of drug-likeness (QED) is 0.679. The van der Waals surface area contributed by atoms with Gasteiger partial charge in [-0.3, -0.25) is 19.2 Å². The summed E-state index contributed by atoms with van der Waals surface area (Å²) in [5, 5.41) is -1.35. The first kappa shape index (κ1) is 17.3. The Morgan fingerprint density at radius 3 is 2.41 bits per heavy atom. The number of aromatic nitrogens is 2. The molecule has 2 aromatic heterocycles. The minimum Gasteiger partial charge on any atom is -0.466 e. The SMILES string of the molecule is Cc1c(N2C(=O)CS(=O)(=O)[C@H]2c2ccco2)c(=O)n(-c2ccccc2)n1C. The fourth-order valence-corrected chi connectivity index (χ4v) is 5.09. The lowest BCUT2D eigenvalue weighted by atomic mass is 10.3. The maximum absolute atomic E-state index is 13.2. The standard InChI is InChI=1S/C18H17N3O5S/c1-12-16(17(23)21(19(12)2)13-7-4-3-5-8-13)20-15(22)11-27(24,25)18(20)14-9-6-10-26-14/h3-10,18H,11H2,1-2H3/t18-/m0/s1. The van der Waals surface area contributed by atoms with Crippen LogP contribution in [0.15, 0.2) is 57.9 Å². The molecule has 1 fully saturated rings. The van der Waals surface area contributed by atoms with Crippen LogP contribution in [0.25, 0.3) is 5.69 Å². The Bertz CT molecular complexity index is 1170. The van der Waals surface area contributed by atoms with Crippen LogP contribution >= 0.6 is 0 Å². The normalized spacial score (nSPS) is 19.0. The van der Waals surface area contributed by atoms with Crippen molar-refractivity contribution in [2.24, 2.45) is 7.05 Å². The molecule has 0 aliphatic carbocycles. The summed E-state index contributed by atoms with van der Waals surface area (Å²) in [4.78, 5) is 26.8. The molecular formula is C18H17N3O5S. The second-order valence-corrected chi connectivity index (χ2v) is 8.41. The van der Waals surface area contributed by atoms with Crippen molar-refractivity contribution in [2.45, 2.75) is 12.3 Å². The van der Waals surface area contributed by atoms with E-state index in [1.807, 2.05) is 6.07 Å². The summed E-state index contributed by atoms with van der Waals surface area (Å²) in [5.74, 6) is -1.21. The second-order valence-electron chi connectivity index (χ2n) is 6.35. The highest BCUT2D eigenvalue weighted by molar-refractivity contribution is 7.93. The van der Waals surface area contributed by atoms with Gasteiger partial charge in [-0.15, -0.1) is 0 Å². The van der Waals surface area contributed by atoms with Gasteiger partial charge in [0.2, 0.25) is 5.91 Å². The first-order valence-corrected chi connectivity index (χ1v) is 9.95. The number of carbonyl (C=O) groups is 1. The number of anilines is 1. The molecule has 0 unspecified atom stereocenters. The molecule has 0 radical (unpaired) electrons. The van der Waals surface area contributed by atoms with E-state index in [1.54, 1.807) is 49.0 Å². The average molecular weight is 387 g/mol. The number of hydrogen-bond acceptors (Lipinski definition) is 5. The van der Waals surface area contributed by atoms with Gasteiger partial charge in [0.1, 0.15) is 17.2 Å². The molecule has 1 saturated heterocycles. The molecule has 3 aromatic rings. The van der Waals surface area contributed by atoms with Crippen LogP contribution in [-0.4, -0.2) is 29.4 Å². The van der Waals surface area contributed by atoms with Crippen LogP contribution in [0.4, 0.5) is 5.69 Å². The first-order chi connectivity index (χ1) is 12.8. The number of sulfone groups is 1. The van der Waals surface area contributed by atoms with Crippen LogP contribution in [0, 0.1) is 6.92 Å². The third-order valence-electron chi connectivity index (χ3n) is 4.72. The number of rotatable bonds is 3. The molecule has 1 aliphatic heterocycles.